The van der Waals surface area contributed by atoms with E-state index in [1.807, 2.05) is 0 Å². The molecule has 0 unspecified atom stereocenters. The molecule has 462 valence electrons. The van der Waals surface area contributed by atoms with Gasteiger partial charge in [-0.25, -0.2) is 0 Å². The van der Waals surface area contributed by atoms with Gasteiger partial charge in [0.1, 0.15) is 0 Å². The second kappa shape index (κ2) is 24.7. The van der Waals surface area contributed by atoms with E-state index < -0.39 is 0 Å². The Morgan fingerprint density at radius 3 is 0.688 bits per heavy atom. The zero-order valence-corrected chi connectivity index (χ0v) is 54.3. The maximum atomic E-state index is 2.43. The molecule has 0 saturated carbocycles. The van der Waals surface area contributed by atoms with E-state index in [0.717, 1.165) is 90.8 Å². The zero-order chi connectivity index (χ0) is 64.7. The average molecular weight is 1240 g/mol. The van der Waals surface area contributed by atoms with E-state index in [2.05, 4.69) is 421 Å². The van der Waals surface area contributed by atoms with Gasteiger partial charge in [0.25, 0.3) is 0 Å². The molecule has 0 atom stereocenters. The third-order valence-corrected chi connectivity index (χ3v) is 19.3. The van der Waals surface area contributed by atoms with Crippen LogP contribution in [0.25, 0.3) is 11.1 Å². The first kappa shape index (κ1) is 58.9. The van der Waals surface area contributed by atoms with Gasteiger partial charge >= 0.3 is 0 Å². The van der Waals surface area contributed by atoms with Crippen molar-refractivity contribution in [3.63, 3.8) is 0 Å². The lowest BCUT2D eigenvalue weighted by molar-refractivity contribution is 0.632. The van der Waals surface area contributed by atoms with Crippen LogP contribution in [0.3, 0.4) is 0 Å². The number of nitrogens with zero attached hydrogens (tertiary/aromatic N) is 6. The number of hydrogen-bond donors (Lipinski definition) is 0. The largest absolute Gasteiger partial charge is 0.311 e. The monoisotopic (exact) mass is 1240 g/mol. The van der Waals surface area contributed by atoms with Gasteiger partial charge in [-0.1, -0.05) is 198 Å². The van der Waals surface area contributed by atoms with E-state index in [1.165, 1.54) is 45.0 Å². The molecular formula is C90H72N6. The summed E-state index contributed by atoms with van der Waals surface area (Å²) in [5.41, 5.74) is 26.6. The van der Waals surface area contributed by atoms with Gasteiger partial charge in [-0.3, -0.25) is 0 Å². The summed E-state index contributed by atoms with van der Waals surface area (Å²) in [6.07, 6.45) is 0. The average Bonchev–Trinajstić information content (AvgIpc) is 0.733. The van der Waals surface area contributed by atoms with Crippen molar-refractivity contribution in [2.45, 2.75) is 38.5 Å². The molecular weight excluding hydrogens is 1170 g/mol. The normalized spacial score (nSPS) is 13.1. The quantitative estimate of drug-likeness (QED) is 0.101. The Labute approximate surface area is 564 Å². The Morgan fingerprint density at radius 1 is 0.188 bits per heavy atom. The van der Waals surface area contributed by atoms with E-state index >= 15 is 0 Å². The Bertz CT molecular complexity index is 4620. The van der Waals surface area contributed by atoms with Crippen LogP contribution in [-0.4, -0.2) is 0 Å². The van der Waals surface area contributed by atoms with E-state index in [1.54, 1.807) is 0 Å². The molecule has 0 aromatic heterocycles. The zero-order valence-electron chi connectivity index (χ0n) is 54.3. The summed E-state index contributed by atoms with van der Waals surface area (Å²) in [7, 11) is 0. The van der Waals surface area contributed by atoms with Gasteiger partial charge < -0.3 is 29.4 Å². The Kier molecular flexibility index (Phi) is 15.2. The van der Waals surface area contributed by atoms with Crippen LogP contribution in [0.2, 0.25) is 0 Å². The standard InChI is InChI=1S/C90H72N6/c1-89(2)81-39-23-25-41-85(81)95(71-35-19-9-20-36-71)87-61-59-79(63-83(87)89)93(77-55-51-75(52-56-77)91(67-27-11-5-12-28-67)68-29-13-6-14-30-68)73-47-43-65(44-48-73)66-45-49-74(50-46-66)94(78-57-53-76(54-58-78)92(69-31-15-7-16-32-69)70-33-17-8-18-34-70)80-60-62-88-84(64-80)90(3,4)82-40-24-26-42-86(82)96(88)72-37-21-10-22-38-72/h5-64H,1-4H3. The van der Waals surface area contributed by atoms with Crippen LogP contribution < -0.4 is 29.4 Å². The lowest BCUT2D eigenvalue weighted by Crippen LogP contribution is -2.30. The smallest absolute Gasteiger partial charge is 0.0504 e. The van der Waals surface area contributed by atoms with Crippen LogP contribution in [0.4, 0.5) is 102 Å². The summed E-state index contributed by atoms with van der Waals surface area (Å²) in [6.45, 7) is 9.47. The van der Waals surface area contributed by atoms with Crippen molar-refractivity contribution in [1.29, 1.82) is 0 Å². The van der Waals surface area contributed by atoms with Crippen LogP contribution in [0.5, 0.6) is 0 Å². The summed E-state index contributed by atoms with van der Waals surface area (Å²) in [5, 5.41) is 0. The molecule has 2 aliphatic heterocycles. The molecule has 96 heavy (non-hydrogen) atoms. The van der Waals surface area contributed by atoms with Gasteiger partial charge in [0, 0.05) is 90.5 Å². The van der Waals surface area contributed by atoms with E-state index in [9.17, 15) is 0 Å². The Morgan fingerprint density at radius 2 is 0.396 bits per heavy atom. The fraction of sp³-hybridized carbons (Fsp3) is 0.0667. The Balaban J connectivity index is 0.788. The fourth-order valence-electron chi connectivity index (χ4n) is 14.6. The first-order valence-electron chi connectivity index (χ1n) is 33.2. The van der Waals surface area contributed by atoms with Gasteiger partial charge in [0.05, 0.1) is 22.7 Å². The minimum atomic E-state index is -0.304. The molecule has 2 heterocycles. The minimum Gasteiger partial charge on any atom is -0.311 e. The first-order chi connectivity index (χ1) is 47.2. The number of rotatable bonds is 15. The summed E-state index contributed by atoms with van der Waals surface area (Å²) < 4.78 is 0. The molecule has 0 radical (unpaired) electrons. The van der Waals surface area contributed by atoms with E-state index in [-0.39, 0.29) is 10.8 Å². The molecule has 14 aromatic carbocycles. The third-order valence-electron chi connectivity index (χ3n) is 19.3. The SMILES string of the molecule is CC1(C)c2ccccc2N(c2ccccc2)c2ccc(N(c3ccc(-c4ccc(N(c5ccc(N(c6ccccc6)c6ccccc6)cc5)c5ccc6c(c5)C(C)(C)c5ccccc5N6c5ccccc5)cc4)cc3)c3ccc(N(c4ccccc4)c4ccccc4)cc3)cc21. The second-order valence-electron chi connectivity index (χ2n) is 25.8. The molecule has 0 spiro atoms. The molecule has 14 aromatic rings. The van der Waals surface area contributed by atoms with Crippen LogP contribution in [-0.2, 0) is 10.8 Å². The highest BCUT2D eigenvalue weighted by Crippen LogP contribution is 2.56. The lowest BCUT2D eigenvalue weighted by atomic mass is 9.73. The molecule has 0 fully saturated rings. The van der Waals surface area contributed by atoms with Crippen molar-refractivity contribution in [2.75, 3.05) is 29.4 Å². The third kappa shape index (κ3) is 10.7. The van der Waals surface area contributed by atoms with Crippen molar-refractivity contribution < 1.29 is 0 Å². The minimum absolute atomic E-state index is 0.304. The molecule has 2 aliphatic rings. The van der Waals surface area contributed by atoms with Crippen molar-refractivity contribution in [1.82, 2.24) is 0 Å². The predicted molar refractivity (Wildman–Crippen MR) is 404 cm³/mol. The molecule has 16 rings (SSSR count). The summed E-state index contributed by atoms with van der Waals surface area (Å²) in [4.78, 5) is 14.3. The highest BCUT2D eigenvalue weighted by Gasteiger charge is 2.39. The number of fused-ring (bicyclic) bond motifs is 4. The molecule has 0 saturated heterocycles. The second-order valence-corrected chi connectivity index (χ2v) is 25.8. The van der Waals surface area contributed by atoms with E-state index in [4.69, 9.17) is 0 Å². The van der Waals surface area contributed by atoms with Crippen molar-refractivity contribution in [2.24, 2.45) is 0 Å². The fourth-order valence-corrected chi connectivity index (χ4v) is 14.6. The van der Waals surface area contributed by atoms with Gasteiger partial charge in [0.2, 0.25) is 0 Å². The molecule has 0 amide bonds. The van der Waals surface area contributed by atoms with Gasteiger partial charge in [-0.2, -0.15) is 0 Å². The maximum Gasteiger partial charge on any atom is 0.0504 e. The Hall–Kier alpha value is -12.1. The van der Waals surface area contributed by atoms with E-state index in [0.29, 0.717) is 0 Å². The molecule has 6 nitrogen and oxygen atoms in total. The van der Waals surface area contributed by atoms with Crippen LogP contribution in [0, 0.1) is 0 Å². The predicted octanol–water partition coefficient (Wildman–Crippen LogP) is 25.5. The van der Waals surface area contributed by atoms with Crippen LogP contribution in [0.1, 0.15) is 49.9 Å². The number of anilines is 18. The summed E-state index contributed by atoms with van der Waals surface area (Å²) >= 11 is 0. The summed E-state index contributed by atoms with van der Waals surface area (Å²) in [5.74, 6) is 0. The topological polar surface area (TPSA) is 19.4 Å². The van der Waals surface area contributed by atoms with Gasteiger partial charge in [-0.15, -0.1) is 0 Å². The lowest BCUT2D eigenvalue weighted by Gasteiger charge is -2.42. The highest BCUT2D eigenvalue weighted by molar-refractivity contribution is 5.92. The van der Waals surface area contributed by atoms with Crippen molar-refractivity contribution in [3.05, 3.63) is 386 Å². The van der Waals surface area contributed by atoms with Crippen LogP contribution >= 0.6 is 0 Å². The summed E-state index contributed by atoms with van der Waals surface area (Å²) in [6, 6.07) is 132. The van der Waals surface area contributed by atoms with Gasteiger partial charge in [-0.05, 0) is 228 Å². The number of hydrogen-bond acceptors (Lipinski definition) is 6. The van der Waals surface area contributed by atoms with Crippen molar-refractivity contribution >= 4 is 102 Å². The number of benzene rings is 14. The molecule has 0 aliphatic carbocycles. The molecule has 0 N–H and O–H groups in total. The molecule has 0 bridgehead atoms. The van der Waals surface area contributed by atoms with Crippen LogP contribution in [0.15, 0.2) is 364 Å². The molecule has 6 heteroatoms. The van der Waals surface area contributed by atoms with Crippen molar-refractivity contribution in [3.8, 4) is 11.1 Å². The highest BCUT2D eigenvalue weighted by atomic mass is 15.2. The van der Waals surface area contributed by atoms with Gasteiger partial charge in [0.15, 0.2) is 0 Å². The maximum absolute atomic E-state index is 2.43. The first-order valence-corrected chi connectivity index (χ1v) is 33.2. The number of para-hydroxylation sites is 8.